The van der Waals surface area contributed by atoms with Crippen LogP contribution in [0.25, 0.3) is 0 Å². The largest absolute Gasteiger partial charge is 0.550 e. The minimum atomic E-state index is -0.873. The molecule has 76 valence electrons. The van der Waals surface area contributed by atoms with E-state index in [2.05, 4.69) is 39.9 Å². The van der Waals surface area contributed by atoms with Gasteiger partial charge in [0.15, 0.2) is 0 Å². The van der Waals surface area contributed by atoms with E-state index in [0.717, 1.165) is 12.3 Å². The van der Waals surface area contributed by atoms with Gasteiger partial charge in [-0.15, -0.1) is 0 Å². The zero-order chi connectivity index (χ0) is 10.1. The Labute approximate surface area is 83.9 Å². The standard InChI is InChI=1S/C11H22OSi/c1-11(2,3)9-6-7-10(8-9)12-13(4)5/h7,9,13H,6,8H2,1-5H3. The average Bonchev–Trinajstić information content (AvgIpc) is 2.32. The monoisotopic (exact) mass is 198 g/mol. The van der Waals surface area contributed by atoms with Gasteiger partial charge >= 0.3 is 0 Å². The van der Waals surface area contributed by atoms with Crippen molar-refractivity contribution in [3.8, 4) is 0 Å². The predicted molar refractivity (Wildman–Crippen MR) is 60.2 cm³/mol. The number of rotatable bonds is 2. The summed E-state index contributed by atoms with van der Waals surface area (Å²) in [6.07, 6.45) is 4.66. The van der Waals surface area contributed by atoms with Crippen LogP contribution < -0.4 is 0 Å². The number of hydrogen-bond acceptors (Lipinski definition) is 1. The van der Waals surface area contributed by atoms with E-state index in [4.69, 9.17) is 4.43 Å². The van der Waals surface area contributed by atoms with Crippen LogP contribution in [0.2, 0.25) is 13.1 Å². The normalized spacial score (nSPS) is 23.5. The highest BCUT2D eigenvalue weighted by Crippen LogP contribution is 2.38. The second-order valence-corrected chi connectivity index (χ2v) is 7.67. The maximum atomic E-state index is 5.84. The highest BCUT2D eigenvalue weighted by molar-refractivity contribution is 6.48. The molecule has 1 rings (SSSR count). The van der Waals surface area contributed by atoms with Crippen LogP contribution in [0.3, 0.4) is 0 Å². The molecule has 1 unspecified atom stereocenters. The Balaban J connectivity index is 2.43. The van der Waals surface area contributed by atoms with Crippen LogP contribution in [0, 0.1) is 11.3 Å². The summed E-state index contributed by atoms with van der Waals surface area (Å²) < 4.78 is 5.84. The third-order valence-corrected chi connectivity index (χ3v) is 3.46. The molecule has 1 nitrogen and oxygen atoms in total. The van der Waals surface area contributed by atoms with Gasteiger partial charge in [0.25, 0.3) is 0 Å². The van der Waals surface area contributed by atoms with Crippen LogP contribution in [0.5, 0.6) is 0 Å². The predicted octanol–water partition coefficient (Wildman–Crippen LogP) is 3.33. The van der Waals surface area contributed by atoms with E-state index in [0.29, 0.717) is 5.41 Å². The summed E-state index contributed by atoms with van der Waals surface area (Å²) in [6, 6.07) is 0. The van der Waals surface area contributed by atoms with Gasteiger partial charge in [-0.3, -0.25) is 0 Å². The fourth-order valence-corrected chi connectivity index (χ4v) is 2.54. The molecule has 0 saturated carbocycles. The Morgan fingerprint density at radius 3 is 2.38 bits per heavy atom. The van der Waals surface area contributed by atoms with Gasteiger partial charge in [0, 0.05) is 6.42 Å². The molecule has 0 saturated heterocycles. The summed E-state index contributed by atoms with van der Waals surface area (Å²) in [5.74, 6) is 2.05. The van der Waals surface area contributed by atoms with Crippen LogP contribution in [0.4, 0.5) is 0 Å². The molecule has 0 aromatic rings. The van der Waals surface area contributed by atoms with Gasteiger partial charge in [-0.05, 0) is 36.9 Å². The van der Waals surface area contributed by atoms with Gasteiger partial charge in [-0.25, -0.2) is 0 Å². The van der Waals surface area contributed by atoms with Gasteiger partial charge in [-0.1, -0.05) is 20.8 Å². The zero-order valence-corrected chi connectivity index (χ0v) is 10.7. The van der Waals surface area contributed by atoms with E-state index >= 15 is 0 Å². The van der Waals surface area contributed by atoms with Gasteiger partial charge in [0.2, 0.25) is 9.04 Å². The second kappa shape index (κ2) is 3.87. The lowest BCUT2D eigenvalue weighted by atomic mass is 9.79. The lowest BCUT2D eigenvalue weighted by Gasteiger charge is -2.27. The van der Waals surface area contributed by atoms with Crippen molar-refractivity contribution in [3.63, 3.8) is 0 Å². The Hall–Kier alpha value is -0.243. The van der Waals surface area contributed by atoms with Crippen molar-refractivity contribution in [3.05, 3.63) is 11.8 Å². The SMILES string of the molecule is C[SiH](C)OC1=CCC(C(C)(C)C)C1. The van der Waals surface area contributed by atoms with Gasteiger partial charge in [0.1, 0.15) is 0 Å². The lowest BCUT2D eigenvalue weighted by Crippen LogP contribution is -2.18. The topological polar surface area (TPSA) is 9.23 Å². The quantitative estimate of drug-likeness (QED) is 0.618. The third-order valence-electron chi connectivity index (χ3n) is 2.69. The molecule has 0 aliphatic heterocycles. The first-order chi connectivity index (χ1) is 5.89. The molecule has 2 heteroatoms. The van der Waals surface area contributed by atoms with E-state index in [-0.39, 0.29) is 0 Å². The van der Waals surface area contributed by atoms with E-state index < -0.39 is 9.04 Å². The molecule has 0 spiro atoms. The molecule has 13 heavy (non-hydrogen) atoms. The third kappa shape index (κ3) is 3.18. The minimum Gasteiger partial charge on any atom is -0.550 e. The molecule has 1 aliphatic rings. The molecule has 0 fully saturated rings. The molecule has 1 atom stereocenters. The van der Waals surface area contributed by atoms with Crippen LogP contribution in [0.15, 0.2) is 11.8 Å². The minimum absolute atomic E-state index is 0.431. The first kappa shape index (κ1) is 10.8. The summed E-state index contributed by atoms with van der Waals surface area (Å²) in [4.78, 5) is 0. The smallest absolute Gasteiger partial charge is 0.229 e. The van der Waals surface area contributed by atoms with Crippen molar-refractivity contribution in [2.24, 2.45) is 11.3 Å². The van der Waals surface area contributed by atoms with Gasteiger partial charge in [0.05, 0.1) is 5.76 Å². The summed E-state index contributed by atoms with van der Waals surface area (Å²) in [7, 11) is -0.873. The van der Waals surface area contributed by atoms with Crippen molar-refractivity contribution < 1.29 is 4.43 Å². The van der Waals surface area contributed by atoms with E-state index in [1.165, 1.54) is 12.2 Å². The molecule has 0 aromatic heterocycles. The van der Waals surface area contributed by atoms with Crippen molar-refractivity contribution in [1.29, 1.82) is 0 Å². The van der Waals surface area contributed by atoms with Gasteiger partial charge in [-0.2, -0.15) is 0 Å². The van der Waals surface area contributed by atoms with Crippen LogP contribution in [0.1, 0.15) is 33.6 Å². The highest BCUT2D eigenvalue weighted by atomic mass is 28.3. The van der Waals surface area contributed by atoms with E-state index in [1.807, 2.05) is 0 Å². The molecule has 0 bridgehead atoms. The summed E-state index contributed by atoms with van der Waals surface area (Å²) in [5, 5.41) is 0. The van der Waals surface area contributed by atoms with Crippen LogP contribution in [-0.4, -0.2) is 9.04 Å². The summed E-state index contributed by atoms with van der Waals surface area (Å²) in [5.41, 5.74) is 0.431. The summed E-state index contributed by atoms with van der Waals surface area (Å²) in [6.45, 7) is 11.4. The Morgan fingerprint density at radius 1 is 1.38 bits per heavy atom. The molecule has 0 amide bonds. The maximum absolute atomic E-state index is 5.84. The molecular formula is C11H22OSi. The Morgan fingerprint density at radius 2 is 2.00 bits per heavy atom. The first-order valence-electron chi connectivity index (χ1n) is 5.25. The second-order valence-electron chi connectivity index (χ2n) is 5.34. The molecule has 0 radical (unpaired) electrons. The number of hydrogen-bond donors (Lipinski definition) is 0. The van der Waals surface area contributed by atoms with Crippen molar-refractivity contribution in [1.82, 2.24) is 0 Å². The van der Waals surface area contributed by atoms with Crippen molar-refractivity contribution in [2.75, 3.05) is 0 Å². The molecule has 0 N–H and O–H groups in total. The van der Waals surface area contributed by atoms with Crippen LogP contribution in [-0.2, 0) is 4.43 Å². The fraction of sp³-hybridized carbons (Fsp3) is 0.818. The zero-order valence-electron chi connectivity index (χ0n) is 9.55. The Bertz CT molecular complexity index is 201. The summed E-state index contributed by atoms with van der Waals surface area (Å²) >= 11 is 0. The average molecular weight is 198 g/mol. The highest BCUT2D eigenvalue weighted by Gasteiger charge is 2.29. The van der Waals surface area contributed by atoms with Crippen molar-refractivity contribution >= 4 is 9.04 Å². The lowest BCUT2D eigenvalue weighted by molar-refractivity contribution is 0.237. The Kier molecular flexibility index (Phi) is 3.22. The molecule has 0 heterocycles. The maximum Gasteiger partial charge on any atom is 0.229 e. The van der Waals surface area contributed by atoms with Crippen LogP contribution >= 0.6 is 0 Å². The molecular weight excluding hydrogens is 176 g/mol. The fourth-order valence-electron chi connectivity index (χ4n) is 1.74. The first-order valence-corrected chi connectivity index (χ1v) is 8.03. The molecule has 0 aromatic carbocycles. The number of allylic oxidation sites excluding steroid dienone is 2. The van der Waals surface area contributed by atoms with Crippen molar-refractivity contribution in [2.45, 2.75) is 46.7 Å². The van der Waals surface area contributed by atoms with Gasteiger partial charge < -0.3 is 4.43 Å². The van der Waals surface area contributed by atoms with E-state index in [1.54, 1.807) is 0 Å². The molecule has 1 aliphatic carbocycles. The van der Waals surface area contributed by atoms with E-state index in [9.17, 15) is 0 Å².